The lowest BCUT2D eigenvalue weighted by Crippen LogP contribution is -2.17. The first-order chi connectivity index (χ1) is 14.2. The molecule has 1 aromatic heterocycles. The largest absolute Gasteiger partial charge is 0.573 e. The Morgan fingerprint density at radius 1 is 1.07 bits per heavy atom. The van der Waals surface area contributed by atoms with Crippen LogP contribution in [0.15, 0.2) is 54.7 Å². The van der Waals surface area contributed by atoms with E-state index in [1.54, 1.807) is 12.1 Å². The van der Waals surface area contributed by atoms with Crippen LogP contribution in [0.3, 0.4) is 0 Å². The van der Waals surface area contributed by atoms with E-state index in [2.05, 4.69) is 19.9 Å². The summed E-state index contributed by atoms with van der Waals surface area (Å²) in [5.41, 5.74) is 7.09. The number of nitrogen functional groups attached to an aromatic ring is 1. The van der Waals surface area contributed by atoms with E-state index in [0.29, 0.717) is 5.69 Å². The van der Waals surface area contributed by atoms with E-state index in [4.69, 9.17) is 5.73 Å². The van der Waals surface area contributed by atoms with Crippen molar-refractivity contribution in [1.29, 1.82) is 0 Å². The van der Waals surface area contributed by atoms with Crippen molar-refractivity contribution in [1.82, 2.24) is 9.78 Å². The summed E-state index contributed by atoms with van der Waals surface area (Å²) in [6, 6.07) is 10.9. The van der Waals surface area contributed by atoms with Gasteiger partial charge in [-0.15, -0.1) is 13.2 Å². The smallest absolute Gasteiger partial charge is 0.465 e. The molecule has 2 aromatic carbocycles. The van der Waals surface area contributed by atoms with Crippen molar-refractivity contribution in [3.8, 4) is 11.4 Å². The molecule has 3 N–H and O–H groups in total. The number of nitrogens with zero attached hydrogens (tertiary/aromatic N) is 2. The summed E-state index contributed by atoms with van der Waals surface area (Å²) in [5, 5.41) is 6.59. The minimum Gasteiger partial charge on any atom is -0.465 e. The molecular formula is C19H15F3N4O4. The average Bonchev–Trinajstić information content (AvgIpc) is 3.09. The lowest BCUT2D eigenvalue weighted by Gasteiger charge is -2.10. The van der Waals surface area contributed by atoms with E-state index in [1.807, 2.05) is 0 Å². The number of amides is 1. The Morgan fingerprint density at radius 2 is 1.70 bits per heavy atom. The highest BCUT2D eigenvalue weighted by molar-refractivity contribution is 6.04. The molecule has 0 spiro atoms. The van der Waals surface area contributed by atoms with E-state index in [0.717, 1.165) is 12.1 Å². The molecule has 3 aromatic rings. The summed E-state index contributed by atoms with van der Waals surface area (Å²) in [4.78, 5) is 24.0. The van der Waals surface area contributed by atoms with Gasteiger partial charge < -0.3 is 20.5 Å². The van der Waals surface area contributed by atoms with Crippen LogP contribution in [-0.4, -0.2) is 35.1 Å². The Balaban J connectivity index is 1.70. The molecule has 3 rings (SSSR count). The van der Waals surface area contributed by atoms with Gasteiger partial charge in [0.15, 0.2) is 0 Å². The van der Waals surface area contributed by atoms with Crippen LogP contribution < -0.4 is 15.8 Å². The van der Waals surface area contributed by atoms with Crippen LogP contribution in [0.25, 0.3) is 5.69 Å². The number of benzene rings is 2. The summed E-state index contributed by atoms with van der Waals surface area (Å²) in [5.74, 6) is -1.41. The molecule has 0 fully saturated rings. The van der Waals surface area contributed by atoms with E-state index in [-0.39, 0.29) is 22.6 Å². The van der Waals surface area contributed by atoms with Crippen LogP contribution in [0.5, 0.6) is 5.75 Å². The summed E-state index contributed by atoms with van der Waals surface area (Å²) in [7, 11) is 1.23. The highest BCUT2D eigenvalue weighted by atomic mass is 19.4. The van der Waals surface area contributed by atoms with E-state index in [9.17, 15) is 22.8 Å². The standard InChI is InChI=1S/C19H15F3N4O4/c1-29-18(28)15-10-24-26(16(15)23)13-6-2-11(3-7-13)17(27)25-12-4-8-14(9-5-12)30-19(20,21)22/h2-10H,23H2,1H3,(H,25,27). The van der Waals surface area contributed by atoms with Crippen molar-refractivity contribution in [2.24, 2.45) is 0 Å². The van der Waals surface area contributed by atoms with Crippen molar-refractivity contribution in [2.45, 2.75) is 6.36 Å². The number of aromatic nitrogens is 2. The molecule has 1 amide bonds. The highest BCUT2D eigenvalue weighted by Crippen LogP contribution is 2.24. The average molecular weight is 420 g/mol. The first-order valence-electron chi connectivity index (χ1n) is 8.37. The zero-order chi connectivity index (χ0) is 21.9. The number of halogens is 3. The topological polar surface area (TPSA) is 108 Å². The number of carbonyl (C=O) groups excluding carboxylic acids is 2. The maximum Gasteiger partial charge on any atom is 0.573 e. The van der Waals surface area contributed by atoms with E-state index < -0.39 is 24.0 Å². The second-order valence-corrected chi connectivity index (χ2v) is 5.92. The monoisotopic (exact) mass is 420 g/mol. The third-order valence-electron chi connectivity index (χ3n) is 3.93. The quantitative estimate of drug-likeness (QED) is 0.613. The number of methoxy groups -OCH3 is 1. The zero-order valence-corrected chi connectivity index (χ0v) is 15.4. The summed E-state index contributed by atoms with van der Waals surface area (Å²) >= 11 is 0. The molecule has 0 atom stereocenters. The highest BCUT2D eigenvalue weighted by Gasteiger charge is 2.31. The van der Waals surface area contributed by atoms with Gasteiger partial charge >= 0.3 is 12.3 Å². The van der Waals surface area contributed by atoms with E-state index >= 15 is 0 Å². The Labute approximate surface area is 168 Å². The zero-order valence-electron chi connectivity index (χ0n) is 15.4. The van der Waals surface area contributed by atoms with Crippen LogP contribution in [0.4, 0.5) is 24.7 Å². The molecular weight excluding hydrogens is 405 g/mol. The van der Waals surface area contributed by atoms with Gasteiger partial charge in [0.2, 0.25) is 0 Å². The van der Waals surface area contributed by atoms with Gasteiger partial charge in [-0.1, -0.05) is 0 Å². The molecule has 0 saturated heterocycles. The number of anilines is 2. The molecule has 11 heteroatoms. The molecule has 0 bridgehead atoms. The van der Waals surface area contributed by atoms with Gasteiger partial charge in [-0.25, -0.2) is 9.48 Å². The molecule has 1 heterocycles. The molecule has 0 aliphatic carbocycles. The number of alkyl halides is 3. The van der Waals surface area contributed by atoms with Crippen LogP contribution in [-0.2, 0) is 4.74 Å². The van der Waals surface area contributed by atoms with Crippen molar-refractivity contribution >= 4 is 23.4 Å². The van der Waals surface area contributed by atoms with Crippen molar-refractivity contribution in [3.05, 3.63) is 65.9 Å². The van der Waals surface area contributed by atoms with Crippen LogP contribution in [0.1, 0.15) is 20.7 Å². The molecule has 8 nitrogen and oxygen atoms in total. The maximum absolute atomic E-state index is 12.3. The summed E-state index contributed by atoms with van der Waals surface area (Å²) in [6.07, 6.45) is -3.52. The summed E-state index contributed by atoms with van der Waals surface area (Å²) in [6.45, 7) is 0. The molecule has 0 saturated carbocycles. The van der Waals surface area contributed by atoms with Gasteiger partial charge in [-0.2, -0.15) is 5.10 Å². The van der Waals surface area contributed by atoms with Gasteiger partial charge in [-0.3, -0.25) is 4.79 Å². The van der Waals surface area contributed by atoms with Crippen LogP contribution in [0.2, 0.25) is 0 Å². The number of rotatable bonds is 5. The fourth-order valence-corrected chi connectivity index (χ4v) is 2.53. The fraction of sp³-hybridized carbons (Fsp3) is 0.105. The minimum atomic E-state index is -4.79. The molecule has 0 unspecified atom stereocenters. The molecule has 0 aliphatic heterocycles. The predicted octanol–water partition coefficient (Wildman–Crippen LogP) is 3.39. The second kappa shape index (κ2) is 8.15. The number of esters is 1. The van der Waals surface area contributed by atoms with Crippen molar-refractivity contribution < 1.29 is 32.2 Å². The number of carbonyl (C=O) groups is 2. The normalized spacial score (nSPS) is 11.1. The van der Waals surface area contributed by atoms with Gasteiger partial charge in [0.25, 0.3) is 5.91 Å². The first-order valence-corrected chi connectivity index (χ1v) is 8.37. The lowest BCUT2D eigenvalue weighted by molar-refractivity contribution is -0.274. The third kappa shape index (κ3) is 4.69. The Morgan fingerprint density at radius 3 is 2.27 bits per heavy atom. The van der Waals surface area contributed by atoms with Crippen LogP contribution in [0, 0.1) is 0 Å². The molecule has 30 heavy (non-hydrogen) atoms. The molecule has 0 radical (unpaired) electrons. The fourth-order valence-electron chi connectivity index (χ4n) is 2.53. The Kier molecular flexibility index (Phi) is 5.63. The second-order valence-electron chi connectivity index (χ2n) is 5.92. The predicted molar refractivity (Wildman–Crippen MR) is 100 cm³/mol. The number of nitrogens with two attached hydrogens (primary N) is 1. The van der Waals surface area contributed by atoms with Crippen LogP contribution >= 0.6 is 0 Å². The van der Waals surface area contributed by atoms with Gasteiger partial charge in [0.05, 0.1) is 19.0 Å². The summed E-state index contributed by atoms with van der Waals surface area (Å²) < 4.78 is 46.3. The third-order valence-corrected chi connectivity index (χ3v) is 3.93. The Bertz CT molecular complexity index is 1060. The van der Waals surface area contributed by atoms with Crippen molar-refractivity contribution in [3.63, 3.8) is 0 Å². The van der Waals surface area contributed by atoms with Gasteiger partial charge in [0.1, 0.15) is 17.1 Å². The minimum absolute atomic E-state index is 0.0835. The van der Waals surface area contributed by atoms with Gasteiger partial charge in [-0.05, 0) is 48.5 Å². The first kappa shape index (κ1) is 20.7. The maximum atomic E-state index is 12.3. The molecule has 156 valence electrons. The SMILES string of the molecule is COC(=O)c1cnn(-c2ccc(C(=O)Nc3ccc(OC(F)(F)F)cc3)cc2)c1N. The Hall–Kier alpha value is -4.02. The number of hydrogen-bond donors (Lipinski definition) is 2. The number of ether oxygens (including phenoxy) is 2. The lowest BCUT2D eigenvalue weighted by atomic mass is 10.2. The van der Waals surface area contributed by atoms with Gasteiger partial charge in [0, 0.05) is 11.3 Å². The van der Waals surface area contributed by atoms with Crippen molar-refractivity contribution in [2.75, 3.05) is 18.2 Å². The molecule has 0 aliphatic rings. The number of hydrogen-bond acceptors (Lipinski definition) is 6. The van der Waals surface area contributed by atoms with E-state index in [1.165, 1.54) is 42.3 Å². The number of nitrogens with one attached hydrogen (secondary N) is 1.